The van der Waals surface area contributed by atoms with Crippen molar-refractivity contribution in [3.8, 4) is 5.75 Å². The molecule has 20 heavy (non-hydrogen) atoms. The van der Waals surface area contributed by atoms with Crippen molar-refractivity contribution in [2.45, 2.75) is 64.8 Å². The topological polar surface area (TPSA) is 35.2 Å². The highest BCUT2D eigenvalue weighted by molar-refractivity contribution is 5.41. The second-order valence-electron chi connectivity index (χ2n) is 7.27. The Hall–Kier alpha value is -1.02. The highest BCUT2D eigenvalue weighted by atomic mass is 16.5. The van der Waals surface area contributed by atoms with Gasteiger partial charge in [-0.05, 0) is 48.3 Å². The molecule has 0 amide bonds. The molecule has 1 aromatic carbocycles. The number of rotatable bonds is 4. The van der Waals surface area contributed by atoms with Crippen molar-refractivity contribution in [3.05, 3.63) is 29.3 Å². The molecule has 1 saturated carbocycles. The first-order valence-corrected chi connectivity index (χ1v) is 7.87. The molecule has 2 rings (SSSR count). The van der Waals surface area contributed by atoms with Gasteiger partial charge in [-0.1, -0.05) is 45.7 Å². The van der Waals surface area contributed by atoms with Crippen LogP contribution in [0.4, 0.5) is 0 Å². The lowest BCUT2D eigenvalue weighted by atomic mass is 9.86. The molecule has 2 heteroatoms. The normalized spacial score (nSPS) is 18.2. The SMILES string of the molecule is Cc1ccc(C(C)(C)C)c(OCC(N)C2CCCC2)c1. The summed E-state index contributed by atoms with van der Waals surface area (Å²) >= 11 is 0. The fourth-order valence-electron chi connectivity index (χ4n) is 3.08. The monoisotopic (exact) mass is 275 g/mol. The molecule has 0 bridgehead atoms. The van der Waals surface area contributed by atoms with Crippen molar-refractivity contribution in [1.29, 1.82) is 0 Å². The Balaban J connectivity index is 2.06. The van der Waals surface area contributed by atoms with Crippen LogP contribution in [0.2, 0.25) is 0 Å². The summed E-state index contributed by atoms with van der Waals surface area (Å²) in [6.07, 6.45) is 5.20. The molecule has 2 N–H and O–H groups in total. The van der Waals surface area contributed by atoms with Gasteiger partial charge in [0.1, 0.15) is 12.4 Å². The zero-order valence-electron chi connectivity index (χ0n) is 13.4. The van der Waals surface area contributed by atoms with E-state index in [0.717, 1.165) is 5.75 Å². The molecule has 0 saturated heterocycles. The van der Waals surface area contributed by atoms with Crippen LogP contribution in [-0.4, -0.2) is 12.6 Å². The first-order valence-electron chi connectivity index (χ1n) is 7.87. The maximum atomic E-state index is 6.30. The van der Waals surface area contributed by atoms with Crippen LogP contribution in [-0.2, 0) is 5.41 Å². The molecule has 1 fully saturated rings. The smallest absolute Gasteiger partial charge is 0.123 e. The van der Waals surface area contributed by atoms with E-state index in [0.29, 0.717) is 12.5 Å². The van der Waals surface area contributed by atoms with Crippen molar-refractivity contribution < 1.29 is 4.74 Å². The van der Waals surface area contributed by atoms with Gasteiger partial charge in [-0.25, -0.2) is 0 Å². The van der Waals surface area contributed by atoms with Gasteiger partial charge in [-0.3, -0.25) is 0 Å². The predicted molar refractivity (Wildman–Crippen MR) is 85.3 cm³/mol. The van der Waals surface area contributed by atoms with E-state index in [1.54, 1.807) is 0 Å². The van der Waals surface area contributed by atoms with E-state index >= 15 is 0 Å². The van der Waals surface area contributed by atoms with E-state index in [1.807, 2.05) is 0 Å². The minimum atomic E-state index is 0.0977. The first-order chi connectivity index (χ1) is 9.38. The number of hydrogen-bond acceptors (Lipinski definition) is 2. The van der Waals surface area contributed by atoms with Gasteiger partial charge in [0, 0.05) is 6.04 Å². The number of benzene rings is 1. The average molecular weight is 275 g/mol. The minimum absolute atomic E-state index is 0.0977. The lowest BCUT2D eigenvalue weighted by Crippen LogP contribution is -2.35. The van der Waals surface area contributed by atoms with Gasteiger partial charge >= 0.3 is 0 Å². The van der Waals surface area contributed by atoms with Crippen LogP contribution < -0.4 is 10.5 Å². The van der Waals surface area contributed by atoms with Gasteiger partial charge in [0.2, 0.25) is 0 Å². The van der Waals surface area contributed by atoms with Gasteiger partial charge in [-0.2, -0.15) is 0 Å². The maximum Gasteiger partial charge on any atom is 0.123 e. The zero-order chi connectivity index (χ0) is 14.8. The maximum absolute atomic E-state index is 6.30. The number of ether oxygens (including phenoxy) is 1. The molecule has 1 aliphatic rings. The van der Waals surface area contributed by atoms with E-state index < -0.39 is 0 Å². The summed E-state index contributed by atoms with van der Waals surface area (Å²) < 4.78 is 6.09. The van der Waals surface area contributed by atoms with Gasteiger partial charge in [0.05, 0.1) is 0 Å². The summed E-state index contributed by atoms with van der Waals surface area (Å²) in [6.45, 7) is 9.41. The third-order valence-corrected chi connectivity index (χ3v) is 4.38. The summed E-state index contributed by atoms with van der Waals surface area (Å²) in [5, 5.41) is 0. The van der Waals surface area contributed by atoms with Crippen LogP contribution in [0.25, 0.3) is 0 Å². The molecular formula is C18H29NO. The van der Waals surface area contributed by atoms with Crippen LogP contribution in [0.1, 0.15) is 57.6 Å². The van der Waals surface area contributed by atoms with E-state index in [9.17, 15) is 0 Å². The van der Waals surface area contributed by atoms with Crippen molar-refractivity contribution in [3.63, 3.8) is 0 Å². The average Bonchev–Trinajstić information content (AvgIpc) is 2.88. The first kappa shape index (κ1) is 15.4. The van der Waals surface area contributed by atoms with E-state index in [1.165, 1.54) is 36.8 Å². The van der Waals surface area contributed by atoms with E-state index in [2.05, 4.69) is 45.9 Å². The zero-order valence-corrected chi connectivity index (χ0v) is 13.4. The number of nitrogens with two attached hydrogens (primary N) is 1. The Kier molecular flexibility index (Phi) is 4.74. The largest absolute Gasteiger partial charge is 0.492 e. The minimum Gasteiger partial charge on any atom is -0.492 e. The fraction of sp³-hybridized carbons (Fsp3) is 0.667. The van der Waals surface area contributed by atoms with Crippen molar-refractivity contribution >= 4 is 0 Å². The van der Waals surface area contributed by atoms with Gasteiger partial charge in [-0.15, -0.1) is 0 Å². The molecule has 1 aromatic rings. The van der Waals surface area contributed by atoms with Crippen molar-refractivity contribution in [2.24, 2.45) is 11.7 Å². The third-order valence-electron chi connectivity index (χ3n) is 4.38. The molecule has 2 nitrogen and oxygen atoms in total. The standard InChI is InChI=1S/C18H29NO/c1-13-9-10-15(18(2,3)4)17(11-13)20-12-16(19)14-7-5-6-8-14/h9-11,14,16H,5-8,12,19H2,1-4H3. The van der Waals surface area contributed by atoms with E-state index in [-0.39, 0.29) is 11.5 Å². The second kappa shape index (κ2) is 6.17. The molecular weight excluding hydrogens is 246 g/mol. The van der Waals surface area contributed by atoms with Gasteiger partial charge in [0.25, 0.3) is 0 Å². The van der Waals surface area contributed by atoms with Crippen LogP contribution in [0.5, 0.6) is 5.75 Å². The van der Waals surface area contributed by atoms with Crippen LogP contribution in [0.15, 0.2) is 18.2 Å². The molecule has 112 valence electrons. The van der Waals surface area contributed by atoms with Crippen molar-refractivity contribution in [2.75, 3.05) is 6.61 Å². The molecule has 0 heterocycles. The van der Waals surface area contributed by atoms with Crippen LogP contribution in [0, 0.1) is 12.8 Å². The summed E-state index contributed by atoms with van der Waals surface area (Å²) in [7, 11) is 0. The fourth-order valence-corrected chi connectivity index (χ4v) is 3.08. The molecule has 1 unspecified atom stereocenters. The predicted octanol–water partition coefficient (Wildman–Crippen LogP) is 4.19. The highest BCUT2D eigenvalue weighted by Gasteiger charge is 2.24. The van der Waals surface area contributed by atoms with Crippen LogP contribution >= 0.6 is 0 Å². The van der Waals surface area contributed by atoms with Crippen molar-refractivity contribution in [1.82, 2.24) is 0 Å². The summed E-state index contributed by atoms with van der Waals surface area (Å²) in [5.74, 6) is 1.66. The summed E-state index contributed by atoms with van der Waals surface area (Å²) in [6, 6.07) is 6.66. The molecule has 0 aromatic heterocycles. The highest BCUT2D eigenvalue weighted by Crippen LogP contribution is 2.33. The Morgan fingerprint density at radius 2 is 1.90 bits per heavy atom. The Morgan fingerprint density at radius 1 is 1.25 bits per heavy atom. The van der Waals surface area contributed by atoms with E-state index in [4.69, 9.17) is 10.5 Å². The molecule has 1 atom stereocenters. The Morgan fingerprint density at radius 3 is 2.50 bits per heavy atom. The molecule has 1 aliphatic carbocycles. The molecule has 0 aliphatic heterocycles. The number of hydrogen-bond donors (Lipinski definition) is 1. The summed E-state index contributed by atoms with van der Waals surface area (Å²) in [4.78, 5) is 0. The third kappa shape index (κ3) is 3.76. The summed E-state index contributed by atoms with van der Waals surface area (Å²) in [5.41, 5.74) is 8.90. The Labute approximate surface area is 123 Å². The van der Waals surface area contributed by atoms with Gasteiger partial charge < -0.3 is 10.5 Å². The second-order valence-corrected chi connectivity index (χ2v) is 7.27. The van der Waals surface area contributed by atoms with Crippen LogP contribution in [0.3, 0.4) is 0 Å². The lowest BCUT2D eigenvalue weighted by molar-refractivity contribution is 0.242. The molecule has 0 spiro atoms. The molecule has 0 radical (unpaired) electrons. The van der Waals surface area contributed by atoms with Gasteiger partial charge in [0.15, 0.2) is 0 Å². The lowest BCUT2D eigenvalue weighted by Gasteiger charge is -2.25. The Bertz CT molecular complexity index is 441. The number of aryl methyl sites for hydroxylation is 1. The quantitative estimate of drug-likeness (QED) is 0.894.